The Morgan fingerprint density at radius 3 is 0.939 bits per heavy atom. The monoisotopic (exact) mass is 442 g/mol. The fourth-order valence-electron chi connectivity index (χ4n) is 5.94. The third kappa shape index (κ3) is 5.60. The minimum absolute atomic E-state index is 0. The first-order chi connectivity index (χ1) is 15.7. The number of hydrogen-bond acceptors (Lipinski definition) is 0. The van der Waals surface area contributed by atoms with Gasteiger partial charge in [-0.1, -0.05) is 120 Å². The molecule has 0 unspecified atom stereocenters. The molecule has 3 aromatic rings. The predicted octanol–water partition coefficient (Wildman–Crippen LogP) is 10.7. The van der Waals surface area contributed by atoms with E-state index in [-0.39, 0.29) is 10.3 Å². The third-order valence-corrected chi connectivity index (χ3v) is 8.35. The van der Waals surface area contributed by atoms with Crippen LogP contribution in [0.4, 0.5) is 0 Å². The van der Waals surface area contributed by atoms with Crippen LogP contribution in [-0.2, 0) is 0 Å². The van der Waals surface area contributed by atoms with Gasteiger partial charge in [0.05, 0.1) is 0 Å². The second-order valence-electron chi connectivity index (χ2n) is 10.7. The maximum Gasteiger partial charge on any atom is 0 e. The van der Waals surface area contributed by atoms with E-state index in [1.54, 1.807) is 0 Å². The molecule has 2 aliphatic rings. The molecule has 0 saturated heterocycles. The van der Waals surface area contributed by atoms with Crippen molar-refractivity contribution in [1.82, 2.24) is 0 Å². The predicted molar refractivity (Wildman–Crippen MR) is 149 cm³/mol. The molecule has 0 nitrogen and oxygen atoms in total. The van der Waals surface area contributed by atoms with Crippen molar-refractivity contribution in [3.05, 3.63) is 83.9 Å². The Morgan fingerprint density at radius 2 is 0.667 bits per heavy atom. The topological polar surface area (TPSA) is 0 Å². The molecule has 2 aliphatic carbocycles. The fraction of sp³-hybridized carbons (Fsp3) is 0.455. The first-order valence-electron chi connectivity index (χ1n) is 13.0. The highest BCUT2D eigenvalue weighted by Gasteiger charge is 2.20. The molecular weight excluding hydrogens is 396 g/mol. The number of rotatable bonds is 4. The maximum absolute atomic E-state index is 2.40. The van der Waals surface area contributed by atoms with E-state index in [1.165, 1.54) is 84.7 Å². The Hall–Kier alpha value is -2.34. The van der Waals surface area contributed by atoms with Gasteiger partial charge < -0.3 is 0 Å². The molecule has 0 aromatic heterocycles. The van der Waals surface area contributed by atoms with E-state index in [2.05, 4.69) is 86.6 Å². The maximum atomic E-state index is 2.40. The first-order valence-corrected chi connectivity index (χ1v) is 13.0. The van der Waals surface area contributed by atoms with Crippen molar-refractivity contribution in [1.29, 1.82) is 0 Å². The molecule has 0 bridgehead atoms. The van der Waals surface area contributed by atoms with Crippen LogP contribution >= 0.6 is 0 Å². The van der Waals surface area contributed by atoms with Gasteiger partial charge in [0.1, 0.15) is 0 Å². The summed E-state index contributed by atoms with van der Waals surface area (Å²) in [5.74, 6) is 3.36. The highest BCUT2D eigenvalue weighted by atomic mass is 14.3. The molecule has 178 valence electrons. The molecule has 3 aromatic carbocycles. The Labute approximate surface area is 205 Å². The van der Waals surface area contributed by atoms with Crippen molar-refractivity contribution >= 4 is 0 Å². The highest BCUT2D eigenvalue weighted by molar-refractivity contribution is 5.70. The summed E-state index contributed by atoms with van der Waals surface area (Å²) in [7, 11) is 0. The molecule has 5 rings (SSSR count). The average Bonchev–Trinajstić information content (AvgIpc) is 2.85. The third-order valence-electron chi connectivity index (χ3n) is 8.35. The summed E-state index contributed by atoms with van der Waals surface area (Å²) in [6, 6.07) is 27.9. The molecule has 0 heteroatoms. The van der Waals surface area contributed by atoms with Gasteiger partial charge in [-0.25, -0.2) is 0 Å². The molecule has 2 saturated carbocycles. The van der Waals surface area contributed by atoms with Crippen LogP contribution in [-0.4, -0.2) is 0 Å². The lowest BCUT2D eigenvalue weighted by molar-refractivity contribution is 0.348. The van der Waals surface area contributed by atoms with Crippen molar-refractivity contribution in [3.8, 4) is 22.3 Å². The lowest BCUT2D eigenvalue weighted by atomic mass is 9.79. The lowest BCUT2D eigenvalue weighted by Gasteiger charge is -2.26. The van der Waals surface area contributed by atoms with Crippen molar-refractivity contribution in [3.63, 3.8) is 0 Å². The molecule has 0 atom stereocenters. The van der Waals surface area contributed by atoms with Gasteiger partial charge >= 0.3 is 0 Å². The van der Waals surface area contributed by atoms with Crippen molar-refractivity contribution in [2.75, 3.05) is 0 Å². The van der Waals surface area contributed by atoms with Crippen LogP contribution in [0.1, 0.15) is 98.5 Å². The number of benzene rings is 3. The Kier molecular flexibility index (Phi) is 7.74. The quantitative estimate of drug-likeness (QED) is 0.377. The molecule has 0 aliphatic heterocycles. The number of hydrogen-bond donors (Lipinski definition) is 0. The zero-order valence-corrected chi connectivity index (χ0v) is 19.9. The van der Waals surface area contributed by atoms with Crippen LogP contribution in [0.2, 0.25) is 0 Å². The summed E-state index contributed by atoms with van der Waals surface area (Å²) in [6.45, 7) is 4.79. The normalized spacial score (nSPS) is 25.3. The van der Waals surface area contributed by atoms with Crippen molar-refractivity contribution < 1.29 is 2.85 Å². The van der Waals surface area contributed by atoms with E-state index >= 15 is 0 Å². The molecule has 2 fully saturated rings. The largest absolute Gasteiger partial charge is 0.0776 e. The summed E-state index contributed by atoms with van der Waals surface area (Å²) in [5, 5.41) is 0. The molecule has 0 radical (unpaired) electrons. The van der Waals surface area contributed by atoms with Gasteiger partial charge in [-0.05, 0) is 82.7 Å². The minimum atomic E-state index is 0. The minimum Gasteiger partial charge on any atom is -0.0776 e. The molecule has 0 N–H and O–H groups in total. The zero-order chi connectivity index (χ0) is 21.9. The molecule has 0 spiro atoms. The van der Waals surface area contributed by atoms with Gasteiger partial charge in [-0.15, -0.1) is 0 Å². The van der Waals surface area contributed by atoms with Crippen molar-refractivity contribution in [2.45, 2.75) is 84.5 Å². The van der Waals surface area contributed by atoms with Gasteiger partial charge in [0.15, 0.2) is 0 Å². The fourth-order valence-corrected chi connectivity index (χ4v) is 5.94. The summed E-state index contributed by atoms with van der Waals surface area (Å²) in [5.41, 5.74) is 8.34. The second kappa shape index (κ2) is 10.7. The molecule has 0 heterocycles. The van der Waals surface area contributed by atoms with E-state index in [1.807, 2.05) is 0 Å². The van der Waals surface area contributed by atoms with Gasteiger partial charge in [0, 0.05) is 2.85 Å². The van der Waals surface area contributed by atoms with E-state index in [0.717, 1.165) is 23.7 Å². The van der Waals surface area contributed by atoms with Crippen LogP contribution in [0.3, 0.4) is 0 Å². The second-order valence-corrected chi connectivity index (χ2v) is 10.7. The molecule has 33 heavy (non-hydrogen) atoms. The Morgan fingerprint density at radius 1 is 0.424 bits per heavy atom. The van der Waals surface area contributed by atoms with Gasteiger partial charge in [0.2, 0.25) is 0 Å². The standard InChI is InChI=1S/C32H38.CH4.2H2/c1-23-3-7-25(8-4-23)27-11-15-29(16-12-27)31-19-21-32(22-20-31)30-17-13-28(14-18-30)26-9-5-24(2)6-10-26;;;/h11-26H,3-10H2,1-2H3;1H4;2*1H. The summed E-state index contributed by atoms with van der Waals surface area (Å²) in [4.78, 5) is 0. The average molecular weight is 443 g/mol. The van der Waals surface area contributed by atoms with Crippen LogP contribution in [0.5, 0.6) is 0 Å². The van der Waals surface area contributed by atoms with E-state index in [4.69, 9.17) is 0 Å². The highest BCUT2D eigenvalue weighted by Crippen LogP contribution is 2.37. The van der Waals surface area contributed by atoms with Gasteiger partial charge in [0.25, 0.3) is 0 Å². The van der Waals surface area contributed by atoms with E-state index < -0.39 is 0 Å². The van der Waals surface area contributed by atoms with Crippen LogP contribution in [0.15, 0.2) is 72.8 Å². The lowest BCUT2D eigenvalue weighted by Crippen LogP contribution is -2.10. The van der Waals surface area contributed by atoms with Crippen molar-refractivity contribution in [2.24, 2.45) is 11.8 Å². The zero-order valence-electron chi connectivity index (χ0n) is 19.9. The van der Waals surface area contributed by atoms with Crippen LogP contribution in [0.25, 0.3) is 22.3 Å². The van der Waals surface area contributed by atoms with Crippen LogP contribution in [0, 0.1) is 11.8 Å². The smallest absolute Gasteiger partial charge is 0 e. The van der Waals surface area contributed by atoms with E-state index in [9.17, 15) is 0 Å². The Balaban J connectivity index is 0.00000144. The Bertz CT molecular complexity index is 904. The summed E-state index contributed by atoms with van der Waals surface area (Å²) >= 11 is 0. The van der Waals surface area contributed by atoms with Gasteiger partial charge in [-0.2, -0.15) is 0 Å². The van der Waals surface area contributed by atoms with Gasteiger partial charge in [-0.3, -0.25) is 0 Å². The molecular formula is C33H46. The summed E-state index contributed by atoms with van der Waals surface area (Å²) in [6.07, 6.45) is 11.0. The molecule has 0 amide bonds. The SMILES string of the molecule is C.CC1CCC(c2ccc(-c3ccc(-c4ccc(C5CCC(C)CC5)cc4)cc3)cc2)CC1.[HH].[HH]. The van der Waals surface area contributed by atoms with Crippen LogP contribution < -0.4 is 0 Å². The van der Waals surface area contributed by atoms with E-state index in [0.29, 0.717) is 0 Å². The first kappa shape index (κ1) is 23.8. The summed E-state index contributed by atoms with van der Waals surface area (Å²) < 4.78 is 0.